The number of allylic oxidation sites excluding steroid dienone is 3. The van der Waals surface area contributed by atoms with Crippen LogP contribution in [0.2, 0.25) is 0 Å². The fraction of sp³-hybridized carbons (Fsp3) is 0.318. The van der Waals surface area contributed by atoms with Crippen LogP contribution in [0.3, 0.4) is 0 Å². The van der Waals surface area contributed by atoms with Gasteiger partial charge >= 0.3 is 0 Å². The molecule has 8 nitrogen and oxygen atoms in total. The third-order valence-corrected chi connectivity index (χ3v) is 4.90. The summed E-state index contributed by atoms with van der Waals surface area (Å²) in [5, 5.41) is 7.37. The summed E-state index contributed by atoms with van der Waals surface area (Å²) in [7, 11) is 1.57. The Morgan fingerprint density at radius 1 is 1.40 bits per heavy atom. The number of imidazole rings is 1. The van der Waals surface area contributed by atoms with E-state index >= 15 is 0 Å². The summed E-state index contributed by atoms with van der Waals surface area (Å²) < 4.78 is 18.4. The van der Waals surface area contributed by atoms with Gasteiger partial charge in [0.1, 0.15) is 17.3 Å². The molecule has 0 fully saturated rings. The second kappa shape index (κ2) is 8.44. The molecule has 0 aliphatic heterocycles. The number of fused-ring (bicyclic) bond motifs is 1. The van der Waals surface area contributed by atoms with Gasteiger partial charge in [-0.2, -0.15) is 4.52 Å². The Hall–Kier alpha value is -3.55. The topological polar surface area (TPSA) is 90.9 Å². The van der Waals surface area contributed by atoms with Crippen molar-refractivity contribution < 1.29 is 18.7 Å². The first-order valence-corrected chi connectivity index (χ1v) is 9.88. The molecule has 30 heavy (non-hydrogen) atoms. The van der Waals surface area contributed by atoms with E-state index in [4.69, 9.17) is 13.9 Å². The number of benzene rings is 1. The zero-order valence-corrected chi connectivity index (χ0v) is 17.2. The van der Waals surface area contributed by atoms with Crippen LogP contribution in [0.4, 0.5) is 5.69 Å². The fourth-order valence-corrected chi connectivity index (χ4v) is 3.39. The van der Waals surface area contributed by atoms with Gasteiger partial charge in [0.25, 0.3) is 0 Å². The summed E-state index contributed by atoms with van der Waals surface area (Å²) >= 11 is 0. The number of hydrogen-bond donors (Lipinski definition) is 1. The summed E-state index contributed by atoms with van der Waals surface area (Å²) in [5.41, 5.74) is 1.91. The zero-order chi connectivity index (χ0) is 21.1. The van der Waals surface area contributed by atoms with E-state index in [1.807, 2.05) is 44.2 Å². The van der Waals surface area contributed by atoms with E-state index in [1.54, 1.807) is 23.9 Å². The number of hydrogen-bond acceptors (Lipinski definition) is 6. The van der Waals surface area contributed by atoms with Gasteiger partial charge in [0.2, 0.25) is 17.5 Å². The molecule has 4 rings (SSSR count). The number of nitrogens with zero attached hydrogens (tertiary/aromatic N) is 3. The maximum atomic E-state index is 12.5. The van der Waals surface area contributed by atoms with Gasteiger partial charge in [-0.15, -0.1) is 5.10 Å². The minimum atomic E-state index is -0.0557. The number of rotatable bonds is 7. The molecule has 1 unspecified atom stereocenters. The minimum absolute atomic E-state index is 0.0557. The fourth-order valence-electron chi connectivity index (χ4n) is 3.39. The number of carbonyl (C=O) groups is 1. The highest BCUT2D eigenvalue weighted by Crippen LogP contribution is 2.32. The smallest absolute Gasteiger partial charge is 0.250 e. The van der Waals surface area contributed by atoms with Gasteiger partial charge in [-0.05, 0) is 50.5 Å². The van der Waals surface area contributed by atoms with E-state index in [2.05, 4.69) is 15.4 Å². The molecular formula is C22H24N4O4. The van der Waals surface area contributed by atoms with Crippen LogP contribution in [0.5, 0.6) is 5.75 Å². The van der Waals surface area contributed by atoms with Crippen molar-refractivity contribution in [3.05, 3.63) is 54.2 Å². The van der Waals surface area contributed by atoms with Crippen LogP contribution < -0.4 is 10.1 Å². The quantitative estimate of drug-likeness (QED) is 0.632. The molecule has 1 aliphatic rings. The Bertz CT molecular complexity index is 1130. The van der Waals surface area contributed by atoms with Crippen LogP contribution in [0.1, 0.15) is 25.6 Å². The van der Waals surface area contributed by atoms with E-state index in [9.17, 15) is 4.79 Å². The summed E-state index contributed by atoms with van der Waals surface area (Å²) in [4.78, 5) is 16.6. The van der Waals surface area contributed by atoms with Gasteiger partial charge < -0.3 is 19.2 Å². The number of amides is 1. The molecule has 0 saturated carbocycles. The highest BCUT2D eigenvalue weighted by molar-refractivity contribution is 5.91. The Morgan fingerprint density at radius 3 is 2.97 bits per heavy atom. The van der Waals surface area contributed by atoms with Crippen LogP contribution in [0, 0.1) is 12.8 Å². The first kappa shape index (κ1) is 19.8. The maximum absolute atomic E-state index is 12.5. The summed E-state index contributed by atoms with van der Waals surface area (Å²) in [6, 6.07) is 5.39. The molecule has 1 aromatic carbocycles. The molecule has 1 aliphatic carbocycles. The van der Waals surface area contributed by atoms with Crippen LogP contribution in [0.15, 0.2) is 52.8 Å². The molecular weight excluding hydrogens is 384 g/mol. The van der Waals surface area contributed by atoms with Crippen molar-refractivity contribution in [1.82, 2.24) is 14.6 Å². The van der Waals surface area contributed by atoms with Crippen molar-refractivity contribution in [3.63, 3.8) is 0 Å². The lowest BCUT2D eigenvalue weighted by molar-refractivity contribution is -0.116. The summed E-state index contributed by atoms with van der Waals surface area (Å²) in [5.74, 6) is 2.69. The molecule has 156 valence electrons. The molecule has 0 saturated heterocycles. The largest absolute Gasteiger partial charge is 0.496 e. The summed E-state index contributed by atoms with van der Waals surface area (Å²) in [6.07, 6.45) is 8.78. The highest BCUT2D eigenvalue weighted by atomic mass is 16.5. The standard InChI is InChI=1S/C22H24N4O4/c1-4-29-17-8-5-15(6-9-17)11-20(27)24-16-7-10-18(19(12-16)28-3)22-25-26-14(2)23-13-21(26)30-22/h5,7-10,12-13,15H,4,6,11H2,1-3H3,(H,24,27). The van der Waals surface area contributed by atoms with Gasteiger partial charge in [0, 0.05) is 18.2 Å². The molecule has 0 bridgehead atoms. The Balaban J connectivity index is 1.44. The lowest BCUT2D eigenvalue weighted by Gasteiger charge is -2.16. The Kier molecular flexibility index (Phi) is 5.56. The lowest BCUT2D eigenvalue weighted by atomic mass is 9.96. The van der Waals surface area contributed by atoms with E-state index in [-0.39, 0.29) is 11.8 Å². The third kappa shape index (κ3) is 4.07. The van der Waals surface area contributed by atoms with Crippen molar-refractivity contribution in [3.8, 4) is 17.2 Å². The van der Waals surface area contributed by atoms with Crippen molar-refractivity contribution >= 4 is 17.3 Å². The van der Waals surface area contributed by atoms with E-state index in [0.29, 0.717) is 41.6 Å². The number of carbonyl (C=O) groups excluding carboxylic acids is 1. The van der Waals surface area contributed by atoms with E-state index in [0.717, 1.165) is 18.0 Å². The Morgan fingerprint density at radius 2 is 2.27 bits per heavy atom. The summed E-state index contributed by atoms with van der Waals surface area (Å²) in [6.45, 7) is 4.44. The SMILES string of the molecule is CCOC1=CCC(CC(=O)Nc2ccc(-c3nn4c(C)ncc4o3)c(OC)c2)C=C1. The van der Waals surface area contributed by atoms with Gasteiger partial charge in [-0.1, -0.05) is 6.08 Å². The monoisotopic (exact) mass is 408 g/mol. The van der Waals surface area contributed by atoms with Gasteiger partial charge in [0.05, 0.1) is 25.5 Å². The van der Waals surface area contributed by atoms with Crippen molar-refractivity contribution in [2.75, 3.05) is 19.0 Å². The molecule has 1 amide bonds. The zero-order valence-electron chi connectivity index (χ0n) is 17.2. The second-order valence-corrected chi connectivity index (χ2v) is 7.02. The normalized spacial score (nSPS) is 15.8. The second-order valence-electron chi connectivity index (χ2n) is 7.02. The number of aryl methyl sites for hydroxylation is 1. The predicted octanol–water partition coefficient (Wildman–Crippen LogP) is 4.13. The number of nitrogens with one attached hydrogen (secondary N) is 1. The molecule has 0 spiro atoms. The number of ether oxygens (including phenoxy) is 2. The average Bonchev–Trinajstić information content (AvgIpc) is 3.31. The lowest BCUT2D eigenvalue weighted by Crippen LogP contribution is -2.16. The van der Waals surface area contributed by atoms with Crippen molar-refractivity contribution in [1.29, 1.82) is 0 Å². The first-order valence-electron chi connectivity index (χ1n) is 9.88. The third-order valence-electron chi connectivity index (χ3n) is 4.90. The van der Waals surface area contributed by atoms with Gasteiger partial charge in [0.15, 0.2) is 0 Å². The Labute approximate surface area is 174 Å². The van der Waals surface area contributed by atoms with Crippen LogP contribution in [-0.4, -0.2) is 34.2 Å². The van der Waals surface area contributed by atoms with Crippen LogP contribution in [-0.2, 0) is 9.53 Å². The molecule has 3 aromatic rings. The van der Waals surface area contributed by atoms with Crippen LogP contribution in [0.25, 0.3) is 17.2 Å². The number of aromatic nitrogens is 3. The number of anilines is 1. The molecule has 8 heteroatoms. The van der Waals surface area contributed by atoms with Gasteiger partial charge in [-0.3, -0.25) is 4.79 Å². The predicted molar refractivity (Wildman–Crippen MR) is 112 cm³/mol. The van der Waals surface area contributed by atoms with Crippen molar-refractivity contribution in [2.45, 2.75) is 26.7 Å². The maximum Gasteiger partial charge on any atom is 0.250 e. The highest BCUT2D eigenvalue weighted by Gasteiger charge is 2.17. The average molecular weight is 408 g/mol. The molecule has 0 radical (unpaired) electrons. The minimum Gasteiger partial charge on any atom is -0.496 e. The molecule has 1 atom stereocenters. The van der Waals surface area contributed by atoms with Crippen LogP contribution >= 0.6 is 0 Å². The molecule has 2 heterocycles. The number of methoxy groups -OCH3 is 1. The van der Waals surface area contributed by atoms with E-state index < -0.39 is 0 Å². The molecule has 2 aromatic heterocycles. The molecule has 1 N–H and O–H groups in total. The van der Waals surface area contributed by atoms with Gasteiger partial charge in [-0.25, -0.2) is 4.98 Å². The van der Waals surface area contributed by atoms with Crippen molar-refractivity contribution in [2.24, 2.45) is 5.92 Å². The first-order chi connectivity index (χ1) is 14.6. The van der Waals surface area contributed by atoms with E-state index in [1.165, 1.54) is 0 Å².